The SMILES string of the molecule is COc1ccc(CN2CCC(NC(=O)CNCc3cc(C(F)(F)F)ccc3NC(=O)OC(C)(C)C)C2)cc1NC(C)=O. The van der Waals surface area contributed by atoms with Crippen molar-refractivity contribution in [1.29, 1.82) is 0 Å². The molecule has 3 amide bonds. The van der Waals surface area contributed by atoms with Crippen LogP contribution in [0.4, 0.5) is 29.3 Å². The predicted molar refractivity (Wildman–Crippen MR) is 152 cm³/mol. The number of halogens is 3. The summed E-state index contributed by atoms with van der Waals surface area (Å²) in [5.41, 5.74) is 0.219. The molecule has 0 aromatic heterocycles. The topological polar surface area (TPSA) is 121 Å². The second kappa shape index (κ2) is 13.9. The van der Waals surface area contributed by atoms with Crippen LogP contribution in [0, 0.1) is 0 Å². The first kappa shape index (κ1) is 32.7. The fourth-order valence-electron chi connectivity index (χ4n) is 4.53. The first-order chi connectivity index (χ1) is 19.6. The highest BCUT2D eigenvalue weighted by Gasteiger charge is 2.31. The summed E-state index contributed by atoms with van der Waals surface area (Å²) < 4.78 is 50.4. The van der Waals surface area contributed by atoms with Gasteiger partial charge in [0.25, 0.3) is 0 Å². The van der Waals surface area contributed by atoms with Crippen LogP contribution in [0.25, 0.3) is 0 Å². The summed E-state index contributed by atoms with van der Waals surface area (Å²) in [6, 6.07) is 8.45. The lowest BCUT2D eigenvalue weighted by atomic mass is 10.1. The standard InChI is InChI=1S/C29H38F3N5O5/c1-18(38)34-24-12-19(6-9-25(24)41-5)16-37-11-10-22(17-37)35-26(39)15-33-14-20-13-21(29(30,31)32)7-8-23(20)36-27(40)42-28(2,3)4/h6-9,12-13,22,33H,10-11,14-17H2,1-5H3,(H,34,38)(H,35,39)(H,36,40). The molecule has 10 nitrogen and oxygen atoms in total. The van der Waals surface area contributed by atoms with Gasteiger partial charge in [-0.25, -0.2) is 4.79 Å². The highest BCUT2D eigenvalue weighted by atomic mass is 19.4. The number of ether oxygens (including phenoxy) is 2. The number of hydrogen-bond donors (Lipinski definition) is 4. The summed E-state index contributed by atoms with van der Waals surface area (Å²) in [5.74, 6) is 0.0605. The smallest absolute Gasteiger partial charge is 0.416 e. The Labute approximate surface area is 243 Å². The third kappa shape index (κ3) is 10.2. The van der Waals surface area contributed by atoms with Crippen LogP contribution in [-0.2, 0) is 33.6 Å². The lowest BCUT2D eigenvalue weighted by molar-refractivity contribution is -0.137. The molecule has 2 aromatic carbocycles. The molecule has 0 spiro atoms. The Bertz CT molecular complexity index is 1280. The molecule has 0 radical (unpaired) electrons. The molecule has 4 N–H and O–H groups in total. The van der Waals surface area contributed by atoms with Crippen molar-refractivity contribution in [2.45, 2.75) is 65.0 Å². The van der Waals surface area contributed by atoms with Crippen molar-refractivity contribution in [3.63, 3.8) is 0 Å². The molecular formula is C29H38F3N5O5. The van der Waals surface area contributed by atoms with Gasteiger partial charge in [-0.05, 0) is 68.7 Å². The van der Waals surface area contributed by atoms with E-state index in [2.05, 4.69) is 26.2 Å². The average molecular weight is 594 g/mol. The molecule has 230 valence electrons. The summed E-state index contributed by atoms with van der Waals surface area (Å²) in [7, 11) is 1.53. The molecule has 1 unspecified atom stereocenters. The van der Waals surface area contributed by atoms with Gasteiger partial charge in [-0.15, -0.1) is 0 Å². The van der Waals surface area contributed by atoms with Gasteiger partial charge < -0.3 is 25.4 Å². The van der Waals surface area contributed by atoms with E-state index in [1.807, 2.05) is 12.1 Å². The Balaban J connectivity index is 1.53. The quantitative estimate of drug-likeness (QED) is 0.320. The molecule has 3 rings (SSSR count). The number of rotatable bonds is 10. The number of carbonyl (C=O) groups excluding carboxylic acids is 3. The number of carbonyl (C=O) groups is 3. The van der Waals surface area contributed by atoms with E-state index >= 15 is 0 Å². The number of methoxy groups -OCH3 is 1. The van der Waals surface area contributed by atoms with Gasteiger partial charge in [0, 0.05) is 44.8 Å². The van der Waals surface area contributed by atoms with E-state index in [4.69, 9.17) is 9.47 Å². The van der Waals surface area contributed by atoms with Gasteiger partial charge in [0.05, 0.1) is 24.9 Å². The maximum absolute atomic E-state index is 13.3. The summed E-state index contributed by atoms with van der Waals surface area (Å²) in [6.07, 6.45) is -4.63. The Morgan fingerprint density at radius 1 is 1.02 bits per heavy atom. The van der Waals surface area contributed by atoms with Gasteiger partial charge >= 0.3 is 12.3 Å². The van der Waals surface area contributed by atoms with Gasteiger partial charge in [-0.2, -0.15) is 13.2 Å². The van der Waals surface area contributed by atoms with Crippen molar-refractivity contribution in [3.05, 3.63) is 53.1 Å². The number of benzene rings is 2. The number of hydrogen-bond acceptors (Lipinski definition) is 7. The van der Waals surface area contributed by atoms with Crippen LogP contribution in [0.3, 0.4) is 0 Å². The van der Waals surface area contributed by atoms with Crippen molar-refractivity contribution < 1.29 is 37.0 Å². The van der Waals surface area contributed by atoms with Crippen molar-refractivity contribution in [2.75, 3.05) is 37.4 Å². The molecule has 1 aliphatic rings. The van der Waals surface area contributed by atoms with E-state index in [0.29, 0.717) is 24.5 Å². The number of alkyl halides is 3. The Morgan fingerprint density at radius 3 is 2.40 bits per heavy atom. The lowest BCUT2D eigenvalue weighted by Gasteiger charge is -2.21. The number of amides is 3. The minimum absolute atomic E-state index is 0.0899. The molecule has 0 aliphatic carbocycles. The first-order valence-electron chi connectivity index (χ1n) is 13.5. The van der Waals surface area contributed by atoms with Crippen molar-refractivity contribution in [3.8, 4) is 5.75 Å². The zero-order chi connectivity index (χ0) is 31.1. The van der Waals surface area contributed by atoms with E-state index in [1.165, 1.54) is 20.1 Å². The zero-order valence-electron chi connectivity index (χ0n) is 24.4. The molecule has 13 heteroatoms. The average Bonchev–Trinajstić information content (AvgIpc) is 3.29. The number of nitrogens with one attached hydrogen (secondary N) is 4. The second-order valence-corrected chi connectivity index (χ2v) is 11.1. The molecule has 1 fully saturated rings. The minimum atomic E-state index is -4.57. The Kier molecular flexibility index (Phi) is 10.8. The number of likely N-dealkylation sites (tertiary alicyclic amines) is 1. The van der Waals surface area contributed by atoms with Crippen LogP contribution in [0.1, 0.15) is 50.8 Å². The van der Waals surface area contributed by atoms with Gasteiger partial charge in [-0.1, -0.05) is 6.07 Å². The van der Waals surface area contributed by atoms with Gasteiger partial charge in [-0.3, -0.25) is 19.8 Å². The lowest BCUT2D eigenvalue weighted by Crippen LogP contribution is -2.41. The van der Waals surface area contributed by atoms with E-state index < -0.39 is 23.4 Å². The predicted octanol–water partition coefficient (Wildman–Crippen LogP) is 4.50. The highest BCUT2D eigenvalue weighted by Crippen LogP contribution is 2.32. The summed E-state index contributed by atoms with van der Waals surface area (Å²) in [6.45, 7) is 8.21. The molecule has 1 aliphatic heterocycles. The van der Waals surface area contributed by atoms with Crippen LogP contribution < -0.4 is 26.0 Å². The van der Waals surface area contributed by atoms with Crippen LogP contribution in [0.15, 0.2) is 36.4 Å². The monoisotopic (exact) mass is 593 g/mol. The third-order valence-corrected chi connectivity index (χ3v) is 6.29. The summed E-state index contributed by atoms with van der Waals surface area (Å²) >= 11 is 0. The van der Waals surface area contributed by atoms with Crippen LogP contribution in [0.5, 0.6) is 5.75 Å². The van der Waals surface area contributed by atoms with Gasteiger partial charge in [0.2, 0.25) is 11.8 Å². The first-order valence-corrected chi connectivity index (χ1v) is 13.5. The molecule has 2 aromatic rings. The second-order valence-electron chi connectivity index (χ2n) is 11.1. The third-order valence-electron chi connectivity index (χ3n) is 6.29. The molecule has 1 saturated heterocycles. The fourth-order valence-corrected chi connectivity index (χ4v) is 4.53. The van der Waals surface area contributed by atoms with Crippen LogP contribution >= 0.6 is 0 Å². The summed E-state index contributed by atoms with van der Waals surface area (Å²) in [5, 5.41) is 11.1. The van der Waals surface area contributed by atoms with Crippen molar-refractivity contribution in [1.82, 2.24) is 15.5 Å². The van der Waals surface area contributed by atoms with Crippen LogP contribution in [-0.4, -0.2) is 61.2 Å². The van der Waals surface area contributed by atoms with Crippen molar-refractivity contribution in [2.24, 2.45) is 0 Å². The maximum atomic E-state index is 13.3. The van der Waals surface area contributed by atoms with E-state index in [1.54, 1.807) is 26.8 Å². The maximum Gasteiger partial charge on any atom is 0.416 e. The molecule has 0 saturated carbocycles. The van der Waals surface area contributed by atoms with E-state index in [-0.39, 0.29) is 42.2 Å². The van der Waals surface area contributed by atoms with Crippen molar-refractivity contribution >= 4 is 29.3 Å². The number of nitrogens with zero attached hydrogens (tertiary/aromatic N) is 1. The summed E-state index contributed by atoms with van der Waals surface area (Å²) in [4.78, 5) is 38.5. The van der Waals surface area contributed by atoms with E-state index in [9.17, 15) is 27.6 Å². The normalized spacial score (nSPS) is 15.7. The molecule has 0 bridgehead atoms. The Hall–Kier alpha value is -3.84. The van der Waals surface area contributed by atoms with Crippen LogP contribution in [0.2, 0.25) is 0 Å². The molecular weight excluding hydrogens is 555 g/mol. The minimum Gasteiger partial charge on any atom is -0.495 e. The zero-order valence-corrected chi connectivity index (χ0v) is 24.4. The largest absolute Gasteiger partial charge is 0.495 e. The highest BCUT2D eigenvalue weighted by molar-refractivity contribution is 5.90. The molecule has 42 heavy (non-hydrogen) atoms. The fraction of sp³-hybridized carbons (Fsp3) is 0.483. The molecule has 1 atom stereocenters. The van der Waals surface area contributed by atoms with Gasteiger partial charge in [0.1, 0.15) is 11.4 Å². The Morgan fingerprint density at radius 2 is 1.76 bits per heavy atom. The van der Waals surface area contributed by atoms with E-state index in [0.717, 1.165) is 30.7 Å². The van der Waals surface area contributed by atoms with Gasteiger partial charge in [0.15, 0.2) is 0 Å². The number of anilines is 2. The molecule has 1 heterocycles.